The van der Waals surface area contributed by atoms with E-state index in [1.165, 1.54) is 5.56 Å². The van der Waals surface area contributed by atoms with Gasteiger partial charge in [0.2, 0.25) is 0 Å². The van der Waals surface area contributed by atoms with E-state index in [1.54, 1.807) is 7.11 Å². The lowest BCUT2D eigenvalue weighted by Crippen LogP contribution is -2.48. The molecule has 0 unspecified atom stereocenters. The number of methoxy groups -OCH3 is 1. The quantitative estimate of drug-likeness (QED) is 0.800. The molecular weight excluding hydrogens is 314 g/mol. The van der Waals surface area contributed by atoms with Gasteiger partial charge in [-0.1, -0.05) is 30.3 Å². The third-order valence-corrected chi connectivity index (χ3v) is 4.81. The van der Waals surface area contributed by atoms with Gasteiger partial charge >= 0.3 is 0 Å². The average molecular weight is 343 g/mol. The Morgan fingerprint density at radius 1 is 1.36 bits per heavy atom. The summed E-state index contributed by atoms with van der Waals surface area (Å²) in [6.45, 7) is 4.53. The maximum Gasteiger partial charge on any atom is 0.139 e. The van der Waals surface area contributed by atoms with Crippen molar-refractivity contribution in [3.05, 3.63) is 54.1 Å². The Bertz CT molecular complexity index is 629. The van der Waals surface area contributed by atoms with E-state index in [0.29, 0.717) is 6.61 Å². The molecule has 25 heavy (non-hydrogen) atoms. The molecule has 0 radical (unpaired) electrons. The molecule has 3 atom stereocenters. The lowest BCUT2D eigenvalue weighted by molar-refractivity contribution is -0.0235. The Morgan fingerprint density at radius 2 is 2.20 bits per heavy atom. The molecule has 1 fully saturated rings. The van der Waals surface area contributed by atoms with E-state index in [0.717, 1.165) is 38.2 Å². The van der Waals surface area contributed by atoms with Gasteiger partial charge < -0.3 is 19.4 Å². The summed E-state index contributed by atoms with van der Waals surface area (Å²) in [5.74, 6) is 1.02. The monoisotopic (exact) mass is 343 g/mol. The number of aryl methyl sites for hydroxylation is 1. The molecule has 1 aromatic carbocycles. The number of nitrogens with zero attached hydrogens (tertiary/aromatic N) is 2. The van der Waals surface area contributed by atoms with Gasteiger partial charge in [0.25, 0.3) is 0 Å². The summed E-state index contributed by atoms with van der Waals surface area (Å²) in [6.07, 6.45) is 7.01. The Kier molecular flexibility index (Phi) is 6.62. The summed E-state index contributed by atoms with van der Waals surface area (Å²) >= 11 is 0. The van der Waals surface area contributed by atoms with E-state index in [4.69, 9.17) is 9.47 Å². The SMILES string of the molecule is CCn1ccnc1[C@H]1OCCC[C@@H]1N[C@@H](COC)Cc1ccccc1. The zero-order chi connectivity index (χ0) is 17.5. The summed E-state index contributed by atoms with van der Waals surface area (Å²) in [5, 5.41) is 3.79. The fourth-order valence-corrected chi connectivity index (χ4v) is 3.62. The van der Waals surface area contributed by atoms with Gasteiger partial charge in [0.05, 0.1) is 6.61 Å². The van der Waals surface area contributed by atoms with Crippen molar-refractivity contribution in [1.29, 1.82) is 0 Å². The van der Waals surface area contributed by atoms with E-state index < -0.39 is 0 Å². The molecule has 0 bridgehead atoms. The number of nitrogens with one attached hydrogen (secondary N) is 1. The summed E-state index contributed by atoms with van der Waals surface area (Å²) in [6, 6.07) is 11.1. The summed E-state index contributed by atoms with van der Waals surface area (Å²) < 4.78 is 13.8. The van der Waals surface area contributed by atoms with Crippen LogP contribution in [0.4, 0.5) is 0 Å². The number of ether oxygens (including phenoxy) is 2. The lowest BCUT2D eigenvalue weighted by Gasteiger charge is -2.35. The van der Waals surface area contributed by atoms with Gasteiger partial charge in [-0.15, -0.1) is 0 Å². The standard InChI is InChI=1S/C20H29N3O2/c1-3-23-12-11-21-20(23)19-18(10-7-13-25-19)22-17(15-24-2)14-16-8-5-4-6-9-16/h4-6,8-9,11-12,17-19,22H,3,7,10,13-15H2,1-2H3/t17-,18+,19+/m1/s1. The topological polar surface area (TPSA) is 48.3 Å². The van der Waals surface area contributed by atoms with E-state index in [-0.39, 0.29) is 18.2 Å². The van der Waals surface area contributed by atoms with Crippen molar-refractivity contribution >= 4 is 0 Å². The highest BCUT2D eigenvalue weighted by Crippen LogP contribution is 2.28. The molecule has 1 aromatic heterocycles. The van der Waals surface area contributed by atoms with Crippen LogP contribution in [0.1, 0.15) is 37.3 Å². The molecule has 136 valence electrons. The number of aromatic nitrogens is 2. The van der Waals surface area contributed by atoms with Crippen molar-refractivity contribution < 1.29 is 9.47 Å². The van der Waals surface area contributed by atoms with E-state index in [9.17, 15) is 0 Å². The molecule has 0 amide bonds. The summed E-state index contributed by atoms with van der Waals surface area (Å²) in [7, 11) is 1.76. The van der Waals surface area contributed by atoms with Crippen LogP contribution in [-0.4, -0.2) is 42.0 Å². The van der Waals surface area contributed by atoms with Crippen LogP contribution in [0.2, 0.25) is 0 Å². The lowest BCUT2D eigenvalue weighted by atomic mass is 9.98. The van der Waals surface area contributed by atoms with Crippen LogP contribution in [0.3, 0.4) is 0 Å². The molecule has 1 aliphatic heterocycles. The van der Waals surface area contributed by atoms with Crippen LogP contribution in [0.5, 0.6) is 0 Å². The second-order valence-electron chi connectivity index (χ2n) is 6.62. The van der Waals surface area contributed by atoms with Crippen molar-refractivity contribution in [3.63, 3.8) is 0 Å². The highest BCUT2D eigenvalue weighted by atomic mass is 16.5. The molecule has 5 nitrogen and oxygen atoms in total. The minimum absolute atomic E-state index is 0.00108. The van der Waals surface area contributed by atoms with Crippen LogP contribution in [0, 0.1) is 0 Å². The largest absolute Gasteiger partial charge is 0.383 e. The van der Waals surface area contributed by atoms with E-state index >= 15 is 0 Å². The third-order valence-electron chi connectivity index (χ3n) is 4.81. The van der Waals surface area contributed by atoms with Gasteiger partial charge in [-0.05, 0) is 31.7 Å². The van der Waals surface area contributed by atoms with Gasteiger partial charge in [-0.3, -0.25) is 0 Å². The molecule has 1 aliphatic rings. The summed E-state index contributed by atoms with van der Waals surface area (Å²) in [4.78, 5) is 4.56. The van der Waals surface area contributed by atoms with Crippen molar-refractivity contribution in [2.24, 2.45) is 0 Å². The molecular formula is C20H29N3O2. The molecule has 1 saturated heterocycles. The first-order valence-electron chi connectivity index (χ1n) is 9.23. The Labute approximate surface area is 150 Å². The van der Waals surface area contributed by atoms with Gasteiger partial charge in [-0.2, -0.15) is 0 Å². The first-order chi connectivity index (χ1) is 12.3. The fourth-order valence-electron chi connectivity index (χ4n) is 3.62. The molecule has 2 heterocycles. The second kappa shape index (κ2) is 9.13. The predicted octanol–water partition coefficient (Wildman–Crippen LogP) is 2.97. The van der Waals surface area contributed by atoms with Gasteiger partial charge in [-0.25, -0.2) is 4.98 Å². The maximum absolute atomic E-state index is 6.12. The Balaban J connectivity index is 1.72. The number of rotatable bonds is 8. The highest BCUT2D eigenvalue weighted by Gasteiger charge is 2.32. The normalized spacial score (nSPS) is 22.0. The smallest absolute Gasteiger partial charge is 0.139 e. The number of benzene rings is 1. The molecule has 0 saturated carbocycles. The summed E-state index contributed by atoms with van der Waals surface area (Å²) in [5.41, 5.74) is 1.32. The highest BCUT2D eigenvalue weighted by molar-refractivity contribution is 5.16. The average Bonchev–Trinajstić information content (AvgIpc) is 3.12. The Hall–Kier alpha value is -1.69. The van der Waals surface area contributed by atoms with Crippen LogP contribution < -0.4 is 5.32 Å². The molecule has 0 aliphatic carbocycles. The van der Waals surface area contributed by atoms with Crippen molar-refractivity contribution in [2.75, 3.05) is 20.3 Å². The van der Waals surface area contributed by atoms with E-state index in [2.05, 4.69) is 52.1 Å². The number of imidazole rings is 1. The zero-order valence-electron chi connectivity index (χ0n) is 15.2. The van der Waals surface area contributed by atoms with Crippen LogP contribution in [-0.2, 0) is 22.4 Å². The molecule has 5 heteroatoms. The minimum atomic E-state index is -0.00108. The number of hydrogen-bond acceptors (Lipinski definition) is 4. The predicted molar refractivity (Wildman–Crippen MR) is 98.6 cm³/mol. The van der Waals surface area contributed by atoms with Gasteiger partial charge in [0, 0.05) is 44.7 Å². The third kappa shape index (κ3) is 4.69. The van der Waals surface area contributed by atoms with Crippen LogP contribution in [0.25, 0.3) is 0 Å². The number of hydrogen-bond donors (Lipinski definition) is 1. The van der Waals surface area contributed by atoms with Crippen molar-refractivity contribution in [1.82, 2.24) is 14.9 Å². The molecule has 2 aromatic rings. The van der Waals surface area contributed by atoms with Crippen LogP contribution >= 0.6 is 0 Å². The Morgan fingerprint density at radius 3 is 2.96 bits per heavy atom. The van der Waals surface area contributed by atoms with Gasteiger partial charge in [0.15, 0.2) is 0 Å². The fraction of sp³-hybridized carbons (Fsp3) is 0.550. The zero-order valence-corrected chi connectivity index (χ0v) is 15.2. The first-order valence-corrected chi connectivity index (χ1v) is 9.23. The molecule has 0 spiro atoms. The second-order valence-corrected chi connectivity index (χ2v) is 6.62. The van der Waals surface area contributed by atoms with E-state index in [1.807, 2.05) is 12.4 Å². The minimum Gasteiger partial charge on any atom is -0.383 e. The van der Waals surface area contributed by atoms with Crippen molar-refractivity contribution in [3.8, 4) is 0 Å². The maximum atomic E-state index is 6.12. The molecule has 3 rings (SSSR count). The van der Waals surface area contributed by atoms with Crippen LogP contribution in [0.15, 0.2) is 42.7 Å². The van der Waals surface area contributed by atoms with Crippen molar-refractivity contribution in [2.45, 2.75) is 50.9 Å². The first kappa shape index (κ1) is 18.1. The molecule has 1 N–H and O–H groups in total. The van der Waals surface area contributed by atoms with Gasteiger partial charge in [0.1, 0.15) is 11.9 Å².